The molecule has 4 aromatic rings. The summed E-state index contributed by atoms with van der Waals surface area (Å²) >= 11 is 0. The van der Waals surface area contributed by atoms with Gasteiger partial charge in [0.2, 0.25) is 5.95 Å². The first-order chi connectivity index (χ1) is 11.1. The molecule has 4 rings (SSSR count). The lowest BCUT2D eigenvalue weighted by molar-refractivity contribution is 0.462. The molecule has 0 saturated heterocycles. The van der Waals surface area contributed by atoms with Gasteiger partial charge < -0.3 is 10.1 Å². The first-order valence-corrected chi connectivity index (χ1v) is 6.99. The van der Waals surface area contributed by atoms with E-state index in [2.05, 4.69) is 20.3 Å². The molecule has 3 heterocycles. The summed E-state index contributed by atoms with van der Waals surface area (Å²) in [5, 5.41) is 19.5. The summed E-state index contributed by atoms with van der Waals surface area (Å²) in [6.45, 7) is 1.82. The Morgan fingerprint density at radius 3 is 2.96 bits per heavy atom. The van der Waals surface area contributed by atoms with Gasteiger partial charge in [0, 0.05) is 28.7 Å². The third-order valence-electron chi connectivity index (χ3n) is 3.81. The smallest absolute Gasteiger partial charge is 0.238 e. The average molecular weight is 309 g/mol. The zero-order valence-corrected chi connectivity index (χ0v) is 12.2. The Hall–Kier alpha value is -3.22. The van der Waals surface area contributed by atoms with Crippen LogP contribution in [-0.2, 0) is 0 Å². The Bertz CT molecular complexity index is 1020. The molecule has 23 heavy (non-hydrogen) atoms. The van der Waals surface area contributed by atoms with Gasteiger partial charge >= 0.3 is 0 Å². The number of benzene rings is 1. The van der Waals surface area contributed by atoms with Gasteiger partial charge in [-0.05, 0) is 31.2 Å². The quantitative estimate of drug-likeness (QED) is 0.558. The summed E-state index contributed by atoms with van der Waals surface area (Å²) in [7, 11) is 0. The number of halogens is 1. The number of hydrogen-bond acceptors (Lipinski definition) is 4. The van der Waals surface area contributed by atoms with E-state index in [4.69, 9.17) is 0 Å². The Morgan fingerprint density at radius 2 is 2.13 bits per heavy atom. The minimum Gasteiger partial charge on any atom is -0.494 e. The van der Waals surface area contributed by atoms with Crippen molar-refractivity contribution in [3.05, 3.63) is 54.4 Å². The fourth-order valence-corrected chi connectivity index (χ4v) is 2.63. The molecule has 0 aliphatic heterocycles. The molecule has 2 N–H and O–H groups in total. The molecule has 0 aliphatic rings. The normalized spacial score (nSPS) is 11.2. The number of aromatic nitrogens is 5. The molecule has 3 aromatic heterocycles. The average Bonchev–Trinajstić information content (AvgIpc) is 3.11. The summed E-state index contributed by atoms with van der Waals surface area (Å²) in [6.07, 6.45) is 3.10. The van der Waals surface area contributed by atoms with Crippen LogP contribution in [0.1, 0.15) is 5.69 Å². The fraction of sp³-hybridized carbons (Fsp3) is 0.0625. The third kappa shape index (κ3) is 2.05. The summed E-state index contributed by atoms with van der Waals surface area (Å²) in [4.78, 5) is 6.40. The molecule has 0 amide bonds. The molecule has 6 nitrogen and oxygen atoms in total. The van der Waals surface area contributed by atoms with Crippen molar-refractivity contribution in [3.8, 4) is 22.8 Å². The van der Waals surface area contributed by atoms with Gasteiger partial charge in [-0.15, -0.1) is 5.10 Å². The van der Waals surface area contributed by atoms with Crippen molar-refractivity contribution in [1.29, 1.82) is 0 Å². The zero-order valence-electron chi connectivity index (χ0n) is 12.2. The van der Waals surface area contributed by atoms with Gasteiger partial charge in [0.05, 0.1) is 5.69 Å². The predicted octanol–water partition coefficient (Wildman–Crippen LogP) is 2.96. The minimum absolute atomic E-state index is 0.129. The van der Waals surface area contributed by atoms with Crippen LogP contribution in [0.5, 0.6) is 5.88 Å². The molecule has 0 aliphatic carbocycles. The van der Waals surface area contributed by atoms with Crippen molar-refractivity contribution >= 4 is 10.8 Å². The monoisotopic (exact) mass is 309 g/mol. The Balaban J connectivity index is 1.85. The molecule has 0 atom stereocenters. The SMILES string of the molecule is Cc1c(-c2ccc3c(O)[nH]cc3c2)nnn1-c1cccnc1F. The number of nitrogens with zero attached hydrogens (tertiary/aromatic N) is 4. The van der Waals surface area contributed by atoms with Gasteiger partial charge in [-0.25, -0.2) is 9.67 Å². The molecule has 0 bridgehead atoms. The third-order valence-corrected chi connectivity index (χ3v) is 3.81. The Labute approximate surface area is 130 Å². The van der Waals surface area contributed by atoms with Gasteiger partial charge in [-0.3, -0.25) is 0 Å². The van der Waals surface area contributed by atoms with E-state index >= 15 is 0 Å². The molecular weight excluding hydrogens is 297 g/mol. The van der Waals surface area contributed by atoms with Crippen molar-refractivity contribution in [2.24, 2.45) is 0 Å². The van der Waals surface area contributed by atoms with Crippen molar-refractivity contribution in [1.82, 2.24) is 25.0 Å². The van der Waals surface area contributed by atoms with E-state index in [0.29, 0.717) is 11.4 Å². The number of fused-ring (bicyclic) bond motifs is 1. The van der Waals surface area contributed by atoms with Gasteiger partial charge in [-0.2, -0.15) is 4.39 Å². The van der Waals surface area contributed by atoms with E-state index in [1.165, 1.54) is 10.9 Å². The topological polar surface area (TPSA) is 79.6 Å². The first kappa shape index (κ1) is 13.4. The van der Waals surface area contributed by atoms with Gasteiger partial charge in [-0.1, -0.05) is 11.3 Å². The number of aromatic hydroxyl groups is 1. The van der Waals surface area contributed by atoms with Crippen molar-refractivity contribution in [2.45, 2.75) is 6.92 Å². The molecule has 0 unspecified atom stereocenters. The lowest BCUT2D eigenvalue weighted by Gasteiger charge is -2.04. The molecule has 114 valence electrons. The van der Waals surface area contributed by atoms with Crippen LogP contribution in [0.25, 0.3) is 27.7 Å². The standard InChI is InChI=1S/C16H12FN5O/c1-9-14(10-4-5-12-11(7-10)8-19-16(12)23)20-21-22(9)13-3-2-6-18-15(13)17/h2-8,19,23H,1H3. The van der Waals surface area contributed by atoms with E-state index < -0.39 is 5.95 Å². The van der Waals surface area contributed by atoms with Crippen molar-refractivity contribution in [2.75, 3.05) is 0 Å². The molecule has 0 fully saturated rings. The number of H-pyrrole nitrogens is 1. The highest BCUT2D eigenvalue weighted by atomic mass is 19.1. The van der Waals surface area contributed by atoms with Crippen LogP contribution in [-0.4, -0.2) is 30.1 Å². The number of pyridine rings is 1. The highest BCUT2D eigenvalue weighted by Crippen LogP contribution is 2.30. The van der Waals surface area contributed by atoms with Crippen LogP contribution in [0.3, 0.4) is 0 Å². The highest BCUT2D eigenvalue weighted by molar-refractivity contribution is 5.90. The number of hydrogen-bond donors (Lipinski definition) is 2. The number of nitrogens with one attached hydrogen (secondary N) is 1. The molecular formula is C16H12FN5O. The van der Waals surface area contributed by atoms with Crippen LogP contribution in [0.2, 0.25) is 0 Å². The Morgan fingerprint density at radius 1 is 1.26 bits per heavy atom. The first-order valence-electron chi connectivity index (χ1n) is 6.99. The van der Waals surface area contributed by atoms with Crippen LogP contribution in [0, 0.1) is 12.9 Å². The second-order valence-corrected chi connectivity index (χ2v) is 5.19. The van der Waals surface area contributed by atoms with Crippen LogP contribution in [0.4, 0.5) is 4.39 Å². The van der Waals surface area contributed by atoms with Gasteiger partial charge in [0.1, 0.15) is 11.4 Å². The minimum atomic E-state index is -0.599. The second kappa shape index (κ2) is 4.91. The highest BCUT2D eigenvalue weighted by Gasteiger charge is 2.15. The van der Waals surface area contributed by atoms with Gasteiger partial charge in [0.25, 0.3) is 0 Å². The maximum absolute atomic E-state index is 13.8. The Kier molecular flexibility index (Phi) is 2.87. The van der Waals surface area contributed by atoms with Crippen molar-refractivity contribution in [3.63, 3.8) is 0 Å². The van der Waals surface area contributed by atoms with E-state index in [1.54, 1.807) is 24.4 Å². The van der Waals surface area contributed by atoms with E-state index in [9.17, 15) is 9.50 Å². The largest absolute Gasteiger partial charge is 0.494 e. The van der Waals surface area contributed by atoms with E-state index in [1.807, 2.05) is 19.1 Å². The summed E-state index contributed by atoms with van der Waals surface area (Å²) in [5.74, 6) is -0.470. The van der Waals surface area contributed by atoms with Crippen LogP contribution in [0.15, 0.2) is 42.7 Å². The second-order valence-electron chi connectivity index (χ2n) is 5.19. The maximum Gasteiger partial charge on any atom is 0.238 e. The van der Waals surface area contributed by atoms with E-state index in [-0.39, 0.29) is 11.6 Å². The van der Waals surface area contributed by atoms with E-state index in [0.717, 1.165) is 16.3 Å². The van der Waals surface area contributed by atoms with Crippen LogP contribution >= 0.6 is 0 Å². The number of aromatic amines is 1. The van der Waals surface area contributed by atoms with Gasteiger partial charge in [0.15, 0.2) is 5.88 Å². The lowest BCUT2D eigenvalue weighted by Crippen LogP contribution is -2.03. The molecule has 0 spiro atoms. The summed E-state index contributed by atoms with van der Waals surface area (Å²) in [6, 6.07) is 8.79. The summed E-state index contributed by atoms with van der Waals surface area (Å²) in [5.41, 5.74) is 2.44. The zero-order chi connectivity index (χ0) is 16.0. The maximum atomic E-state index is 13.8. The fourth-order valence-electron chi connectivity index (χ4n) is 2.63. The molecule has 7 heteroatoms. The summed E-state index contributed by atoms with van der Waals surface area (Å²) < 4.78 is 15.3. The molecule has 0 radical (unpaired) electrons. The number of rotatable bonds is 2. The predicted molar refractivity (Wildman–Crippen MR) is 82.8 cm³/mol. The molecule has 0 saturated carbocycles. The molecule has 1 aromatic carbocycles. The van der Waals surface area contributed by atoms with Crippen LogP contribution < -0.4 is 0 Å². The lowest BCUT2D eigenvalue weighted by atomic mass is 10.1. The van der Waals surface area contributed by atoms with Crippen molar-refractivity contribution < 1.29 is 9.50 Å².